The molecule has 0 saturated heterocycles. The topological polar surface area (TPSA) is 127 Å². The number of carbonyl (C=O) groups is 1. The van der Waals surface area contributed by atoms with Crippen molar-refractivity contribution in [3.63, 3.8) is 0 Å². The summed E-state index contributed by atoms with van der Waals surface area (Å²) in [7, 11) is 0. The zero-order chi connectivity index (χ0) is 23.0. The molecule has 2 atom stereocenters. The van der Waals surface area contributed by atoms with Gasteiger partial charge in [-0.25, -0.2) is 4.79 Å². The SMILES string of the molecule is CC(C)(C)OC(=O)N1CC=C2C(C#N)=C(N)C(C#N)(C#N)[C@@H](c3ccc(Br)cc3)[C@H]2C1. The number of nitrogens with zero attached hydrogens (tertiary/aromatic N) is 4. The molecule has 1 amide bonds. The van der Waals surface area contributed by atoms with Crippen LogP contribution in [0.2, 0.25) is 0 Å². The molecule has 7 nitrogen and oxygen atoms in total. The fourth-order valence-corrected chi connectivity index (χ4v) is 4.47. The van der Waals surface area contributed by atoms with Crippen molar-refractivity contribution in [1.29, 1.82) is 15.8 Å². The van der Waals surface area contributed by atoms with Crippen molar-refractivity contribution in [3.05, 3.63) is 57.2 Å². The molecule has 1 aliphatic heterocycles. The number of halogens is 1. The van der Waals surface area contributed by atoms with Gasteiger partial charge in [0.15, 0.2) is 5.41 Å². The van der Waals surface area contributed by atoms with E-state index in [2.05, 4.69) is 34.1 Å². The molecular formula is C23H22BrN5O2. The van der Waals surface area contributed by atoms with Gasteiger partial charge in [0.25, 0.3) is 0 Å². The largest absolute Gasteiger partial charge is 0.444 e. The minimum Gasteiger partial charge on any atom is -0.444 e. The molecule has 1 aromatic carbocycles. The van der Waals surface area contributed by atoms with E-state index in [1.54, 1.807) is 26.8 Å². The monoisotopic (exact) mass is 479 g/mol. The molecule has 8 heteroatoms. The Morgan fingerprint density at radius 2 is 1.84 bits per heavy atom. The number of carbonyl (C=O) groups excluding carboxylic acids is 1. The number of nitriles is 3. The van der Waals surface area contributed by atoms with Crippen molar-refractivity contribution >= 4 is 22.0 Å². The van der Waals surface area contributed by atoms with Crippen LogP contribution >= 0.6 is 15.9 Å². The lowest BCUT2D eigenvalue weighted by Crippen LogP contribution is -2.50. The summed E-state index contributed by atoms with van der Waals surface area (Å²) < 4.78 is 6.36. The third-order valence-electron chi connectivity index (χ3n) is 5.55. The highest BCUT2D eigenvalue weighted by Gasteiger charge is 2.54. The van der Waals surface area contributed by atoms with E-state index in [-0.39, 0.29) is 24.4 Å². The summed E-state index contributed by atoms with van der Waals surface area (Å²) in [5, 5.41) is 30.0. The van der Waals surface area contributed by atoms with Gasteiger partial charge in [-0.1, -0.05) is 34.1 Å². The number of fused-ring (bicyclic) bond motifs is 1. The summed E-state index contributed by atoms with van der Waals surface area (Å²) in [5.41, 5.74) is 5.38. The van der Waals surface area contributed by atoms with Gasteiger partial charge in [0.05, 0.1) is 23.4 Å². The highest BCUT2D eigenvalue weighted by Crippen LogP contribution is 2.54. The quantitative estimate of drug-likeness (QED) is 0.645. The van der Waals surface area contributed by atoms with E-state index in [9.17, 15) is 20.6 Å². The second-order valence-electron chi connectivity index (χ2n) is 8.61. The van der Waals surface area contributed by atoms with Crippen LogP contribution in [0.1, 0.15) is 32.3 Å². The van der Waals surface area contributed by atoms with Crippen LogP contribution in [0.3, 0.4) is 0 Å². The predicted molar refractivity (Wildman–Crippen MR) is 117 cm³/mol. The average molecular weight is 480 g/mol. The van der Waals surface area contributed by atoms with Gasteiger partial charge in [-0.3, -0.25) is 0 Å². The number of ether oxygens (including phenoxy) is 1. The Bertz CT molecular complexity index is 1080. The van der Waals surface area contributed by atoms with Gasteiger partial charge in [0.1, 0.15) is 11.7 Å². The molecule has 1 aliphatic carbocycles. The fourth-order valence-electron chi connectivity index (χ4n) is 4.20. The average Bonchev–Trinajstić information content (AvgIpc) is 2.72. The van der Waals surface area contributed by atoms with Gasteiger partial charge in [-0.05, 0) is 44.0 Å². The van der Waals surface area contributed by atoms with Crippen LogP contribution in [-0.2, 0) is 4.74 Å². The van der Waals surface area contributed by atoms with Crippen molar-refractivity contribution < 1.29 is 9.53 Å². The summed E-state index contributed by atoms with van der Waals surface area (Å²) in [4.78, 5) is 14.3. The Morgan fingerprint density at radius 3 is 2.35 bits per heavy atom. The maximum Gasteiger partial charge on any atom is 0.410 e. The lowest BCUT2D eigenvalue weighted by atomic mass is 9.58. The summed E-state index contributed by atoms with van der Waals surface area (Å²) in [5.74, 6) is -1.13. The van der Waals surface area contributed by atoms with E-state index >= 15 is 0 Å². The number of rotatable bonds is 1. The molecule has 158 valence electrons. The van der Waals surface area contributed by atoms with Gasteiger partial charge < -0.3 is 15.4 Å². The van der Waals surface area contributed by atoms with Crippen LogP contribution in [0.15, 0.2) is 51.7 Å². The van der Waals surface area contributed by atoms with Gasteiger partial charge in [0.2, 0.25) is 0 Å². The van der Waals surface area contributed by atoms with E-state index in [1.165, 1.54) is 4.90 Å². The van der Waals surface area contributed by atoms with Crippen molar-refractivity contribution in [2.45, 2.75) is 32.3 Å². The molecule has 0 radical (unpaired) electrons. The van der Waals surface area contributed by atoms with Crippen LogP contribution in [0.4, 0.5) is 4.79 Å². The Hall–Kier alpha value is -3.28. The Kier molecular flexibility index (Phi) is 5.85. The molecule has 2 aliphatic rings. The molecule has 31 heavy (non-hydrogen) atoms. The lowest BCUT2D eigenvalue weighted by molar-refractivity contribution is 0.0224. The van der Waals surface area contributed by atoms with E-state index in [0.29, 0.717) is 5.57 Å². The molecule has 1 aromatic rings. The third-order valence-corrected chi connectivity index (χ3v) is 6.07. The van der Waals surface area contributed by atoms with Crippen LogP contribution in [0.25, 0.3) is 0 Å². The zero-order valence-electron chi connectivity index (χ0n) is 17.5. The van der Waals surface area contributed by atoms with Crippen LogP contribution in [-0.4, -0.2) is 29.7 Å². The molecule has 0 unspecified atom stereocenters. The molecule has 3 rings (SSSR count). The minimum atomic E-state index is -1.74. The molecule has 0 spiro atoms. The van der Waals surface area contributed by atoms with Crippen molar-refractivity contribution in [1.82, 2.24) is 4.90 Å². The third kappa shape index (κ3) is 3.90. The lowest BCUT2D eigenvalue weighted by Gasteiger charge is -2.45. The summed E-state index contributed by atoms with van der Waals surface area (Å²) in [6.07, 6.45) is 1.28. The number of hydrogen-bond donors (Lipinski definition) is 1. The molecule has 0 aromatic heterocycles. The van der Waals surface area contributed by atoms with Crippen LogP contribution < -0.4 is 5.73 Å². The van der Waals surface area contributed by atoms with Crippen molar-refractivity contribution in [3.8, 4) is 18.2 Å². The number of allylic oxidation sites excluding steroid dienone is 2. The van der Waals surface area contributed by atoms with Gasteiger partial charge in [-0.15, -0.1) is 0 Å². The molecule has 2 N–H and O–H groups in total. The Labute approximate surface area is 190 Å². The second kappa shape index (κ2) is 8.10. The highest BCUT2D eigenvalue weighted by atomic mass is 79.9. The number of benzene rings is 1. The molecule has 0 bridgehead atoms. The van der Waals surface area contributed by atoms with E-state index in [0.717, 1.165) is 10.0 Å². The van der Waals surface area contributed by atoms with Gasteiger partial charge in [-0.2, -0.15) is 15.8 Å². The number of amides is 1. The minimum absolute atomic E-state index is 0.0406. The van der Waals surface area contributed by atoms with E-state index in [4.69, 9.17) is 10.5 Å². The molecule has 0 saturated carbocycles. The van der Waals surface area contributed by atoms with Crippen molar-refractivity contribution in [2.24, 2.45) is 17.1 Å². The molecular weight excluding hydrogens is 458 g/mol. The predicted octanol–water partition coefficient (Wildman–Crippen LogP) is 4.11. The van der Waals surface area contributed by atoms with Crippen LogP contribution in [0, 0.1) is 45.3 Å². The maximum absolute atomic E-state index is 12.7. The summed E-state index contributed by atoms with van der Waals surface area (Å²) in [6, 6.07) is 13.6. The Morgan fingerprint density at radius 1 is 1.23 bits per heavy atom. The molecule has 0 fully saturated rings. The zero-order valence-corrected chi connectivity index (χ0v) is 19.1. The Balaban J connectivity index is 2.18. The van der Waals surface area contributed by atoms with Gasteiger partial charge in [0, 0.05) is 29.4 Å². The maximum atomic E-state index is 12.7. The van der Waals surface area contributed by atoms with Gasteiger partial charge >= 0.3 is 6.09 Å². The van der Waals surface area contributed by atoms with Crippen molar-refractivity contribution in [2.75, 3.05) is 13.1 Å². The first-order valence-corrected chi connectivity index (χ1v) is 10.5. The second-order valence-corrected chi connectivity index (χ2v) is 9.53. The molecule has 1 heterocycles. The van der Waals surface area contributed by atoms with Crippen LogP contribution in [0.5, 0.6) is 0 Å². The summed E-state index contributed by atoms with van der Waals surface area (Å²) >= 11 is 3.40. The number of hydrogen-bond acceptors (Lipinski definition) is 6. The first-order valence-electron chi connectivity index (χ1n) is 9.74. The fraction of sp³-hybridized carbons (Fsp3) is 0.391. The van der Waals surface area contributed by atoms with E-state index < -0.39 is 28.9 Å². The number of nitrogens with two attached hydrogens (primary N) is 1. The van der Waals surface area contributed by atoms with E-state index in [1.807, 2.05) is 24.3 Å². The smallest absolute Gasteiger partial charge is 0.410 e. The first kappa shape index (κ1) is 22.4. The normalized spacial score (nSPS) is 22.4. The highest BCUT2D eigenvalue weighted by molar-refractivity contribution is 9.10. The summed E-state index contributed by atoms with van der Waals surface area (Å²) in [6.45, 7) is 5.81. The first-order chi connectivity index (χ1) is 14.6. The standard InChI is InChI=1S/C23H22BrN5O2/c1-22(2,3)31-21(30)29-9-8-16-17(10-25)20(28)23(12-26,13-27)19(18(16)11-29)14-4-6-15(24)7-5-14/h4-8,18-19H,9,11,28H2,1-3H3/t18-,19-/m0/s1.